The van der Waals surface area contributed by atoms with E-state index in [4.69, 9.17) is 4.74 Å². The van der Waals surface area contributed by atoms with E-state index in [1.807, 2.05) is 0 Å². The Labute approximate surface area is 163 Å². The first-order valence-electron chi connectivity index (χ1n) is 8.70. The summed E-state index contributed by atoms with van der Waals surface area (Å²) in [6.07, 6.45) is 2.61. The van der Waals surface area contributed by atoms with E-state index in [1.54, 1.807) is 31.2 Å². The summed E-state index contributed by atoms with van der Waals surface area (Å²) in [5, 5.41) is 2.24. The average Bonchev–Trinajstić information content (AvgIpc) is 2.69. The molecular weight excluding hydrogens is 384 g/mol. The van der Waals surface area contributed by atoms with E-state index in [2.05, 4.69) is 5.32 Å². The maximum atomic E-state index is 13.6. The standard InChI is InChI=1S/C20H17F2N3O4/c1-2-29-17-6-4-3-5-16(17)25-10-9-24(19(27)20(25)28)12-18(26)23-15-8-7-13(21)11-14(15)22/h3-11H,2,12H2,1H3,(H,23,26). The van der Waals surface area contributed by atoms with Gasteiger partial charge in [-0.3, -0.25) is 23.5 Å². The predicted molar refractivity (Wildman–Crippen MR) is 102 cm³/mol. The highest BCUT2D eigenvalue weighted by Gasteiger charge is 2.14. The number of carbonyl (C=O) groups is 1. The molecule has 0 atom stereocenters. The van der Waals surface area contributed by atoms with Crippen molar-refractivity contribution in [2.24, 2.45) is 0 Å². The predicted octanol–water partition coefficient (Wildman–Crippen LogP) is 2.31. The number of nitrogens with one attached hydrogen (secondary N) is 1. The second kappa shape index (κ2) is 8.51. The fraction of sp³-hybridized carbons (Fsp3) is 0.150. The molecule has 0 unspecified atom stereocenters. The van der Waals surface area contributed by atoms with Gasteiger partial charge in [0.05, 0.1) is 18.0 Å². The third-order valence-electron chi connectivity index (χ3n) is 4.00. The van der Waals surface area contributed by atoms with Gasteiger partial charge in [0.2, 0.25) is 5.91 Å². The Bertz CT molecular complexity index is 1170. The molecule has 0 radical (unpaired) electrons. The van der Waals surface area contributed by atoms with Crippen molar-refractivity contribution in [3.05, 3.63) is 87.2 Å². The van der Waals surface area contributed by atoms with Gasteiger partial charge in [-0.15, -0.1) is 0 Å². The summed E-state index contributed by atoms with van der Waals surface area (Å²) >= 11 is 0. The van der Waals surface area contributed by atoms with Crippen LogP contribution in [0.4, 0.5) is 14.5 Å². The molecule has 7 nitrogen and oxygen atoms in total. The zero-order valence-electron chi connectivity index (χ0n) is 15.4. The van der Waals surface area contributed by atoms with Crippen LogP contribution < -0.4 is 21.2 Å². The van der Waals surface area contributed by atoms with Crippen LogP contribution in [0, 0.1) is 11.6 Å². The first-order valence-corrected chi connectivity index (χ1v) is 8.70. The highest BCUT2D eigenvalue weighted by atomic mass is 19.1. The van der Waals surface area contributed by atoms with Crippen LogP contribution in [0.25, 0.3) is 5.69 Å². The number of aromatic nitrogens is 2. The molecule has 29 heavy (non-hydrogen) atoms. The van der Waals surface area contributed by atoms with Gasteiger partial charge in [0.15, 0.2) is 0 Å². The molecule has 2 aromatic carbocycles. The minimum atomic E-state index is -0.950. The topological polar surface area (TPSA) is 82.3 Å². The van der Waals surface area contributed by atoms with Crippen molar-refractivity contribution in [2.75, 3.05) is 11.9 Å². The molecule has 0 aliphatic carbocycles. The average molecular weight is 401 g/mol. The normalized spacial score (nSPS) is 10.6. The number of ether oxygens (including phenoxy) is 1. The third kappa shape index (κ3) is 4.40. The summed E-state index contributed by atoms with van der Waals surface area (Å²) < 4.78 is 34.1. The molecule has 1 amide bonds. The van der Waals surface area contributed by atoms with Crippen LogP contribution >= 0.6 is 0 Å². The first kappa shape index (κ1) is 20.0. The van der Waals surface area contributed by atoms with Crippen LogP contribution in [0.1, 0.15) is 6.92 Å². The van der Waals surface area contributed by atoms with Crippen LogP contribution in [0.15, 0.2) is 64.4 Å². The molecule has 1 heterocycles. The largest absolute Gasteiger partial charge is 0.492 e. The minimum Gasteiger partial charge on any atom is -0.492 e. The van der Waals surface area contributed by atoms with E-state index >= 15 is 0 Å². The molecule has 0 spiro atoms. The number of anilines is 1. The summed E-state index contributed by atoms with van der Waals surface area (Å²) in [7, 11) is 0. The van der Waals surface area contributed by atoms with Gasteiger partial charge in [0.1, 0.15) is 23.9 Å². The molecule has 3 aromatic rings. The smallest absolute Gasteiger partial charge is 0.321 e. The Morgan fingerprint density at radius 2 is 1.83 bits per heavy atom. The molecule has 0 bridgehead atoms. The molecule has 0 saturated heterocycles. The number of hydrogen-bond acceptors (Lipinski definition) is 4. The lowest BCUT2D eigenvalue weighted by Crippen LogP contribution is -2.41. The molecule has 9 heteroatoms. The molecule has 0 aliphatic rings. The van der Waals surface area contributed by atoms with Crippen molar-refractivity contribution in [3.8, 4) is 11.4 Å². The van der Waals surface area contributed by atoms with Gasteiger partial charge in [-0.25, -0.2) is 8.78 Å². The molecular formula is C20H17F2N3O4. The van der Waals surface area contributed by atoms with Crippen molar-refractivity contribution in [2.45, 2.75) is 13.5 Å². The van der Waals surface area contributed by atoms with E-state index in [-0.39, 0.29) is 5.69 Å². The second-order valence-electron chi connectivity index (χ2n) is 5.98. The highest BCUT2D eigenvalue weighted by molar-refractivity contribution is 5.90. The molecule has 0 saturated carbocycles. The van der Waals surface area contributed by atoms with Gasteiger partial charge >= 0.3 is 11.1 Å². The Morgan fingerprint density at radius 1 is 1.07 bits per heavy atom. The van der Waals surface area contributed by atoms with Crippen molar-refractivity contribution in [1.82, 2.24) is 9.13 Å². The zero-order chi connectivity index (χ0) is 21.0. The van der Waals surface area contributed by atoms with Crippen molar-refractivity contribution in [3.63, 3.8) is 0 Å². The van der Waals surface area contributed by atoms with Crippen LogP contribution in [0.2, 0.25) is 0 Å². The number of hydrogen-bond donors (Lipinski definition) is 1. The molecule has 150 valence electrons. The van der Waals surface area contributed by atoms with Gasteiger partial charge < -0.3 is 10.1 Å². The first-order chi connectivity index (χ1) is 13.9. The minimum absolute atomic E-state index is 0.233. The lowest BCUT2D eigenvalue weighted by Gasteiger charge is -2.13. The van der Waals surface area contributed by atoms with E-state index in [1.165, 1.54) is 12.4 Å². The van der Waals surface area contributed by atoms with Crippen molar-refractivity contribution >= 4 is 11.6 Å². The lowest BCUT2D eigenvalue weighted by molar-refractivity contribution is -0.116. The van der Waals surface area contributed by atoms with E-state index in [0.29, 0.717) is 24.1 Å². The van der Waals surface area contributed by atoms with Gasteiger partial charge in [-0.1, -0.05) is 12.1 Å². The van der Waals surface area contributed by atoms with Gasteiger partial charge in [-0.2, -0.15) is 0 Å². The number of amides is 1. The number of rotatable bonds is 6. The van der Waals surface area contributed by atoms with Crippen LogP contribution in [0.5, 0.6) is 5.75 Å². The lowest BCUT2D eigenvalue weighted by atomic mass is 10.3. The van der Waals surface area contributed by atoms with E-state index < -0.39 is 35.2 Å². The molecule has 1 aromatic heterocycles. The molecule has 0 aliphatic heterocycles. The van der Waals surface area contributed by atoms with Gasteiger partial charge in [-0.05, 0) is 31.2 Å². The summed E-state index contributed by atoms with van der Waals surface area (Å²) in [4.78, 5) is 37.1. The summed E-state index contributed by atoms with van der Waals surface area (Å²) in [5.74, 6) is -2.05. The van der Waals surface area contributed by atoms with Gasteiger partial charge in [0.25, 0.3) is 0 Å². The van der Waals surface area contributed by atoms with Crippen LogP contribution in [0.3, 0.4) is 0 Å². The Balaban J connectivity index is 1.86. The number of para-hydroxylation sites is 2. The van der Waals surface area contributed by atoms with E-state index in [0.717, 1.165) is 21.3 Å². The molecule has 3 rings (SSSR count). The Kier molecular flexibility index (Phi) is 5.87. The Hall–Kier alpha value is -3.75. The Morgan fingerprint density at radius 3 is 2.55 bits per heavy atom. The number of nitrogens with zero attached hydrogens (tertiary/aromatic N) is 2. The fourth-order valence-electron chi connectivity index (χ4n) is 2.69. The third-order valence-corrected chi connectivity index (χ3v) is 4.00. The fourth-order valence-corrected chi connectivity index (χ4v) is 2.69. The van der Waals surface area contributed by atoms with Crippen LogP contribution in [-0.4, -0.2) is 21.6 Å². The SMILES string of the molecule is CCOc1ccccc1-n1ccn(CC(=O)Nc2ccc(F)cc2F)c(=O)c1=O. The van der Waals surface area contributed by atoms with Gasteiger partial charge in [0, 0.05) is 18.5 Å². The highest BCUT2D eigenvalue weighted by Crippen LogP contribution is 2.20. The van der Waals surface area contributed by atoms with Crippen molar-refractivity contribution in [1.29, 1.82) is 0 Å². The summed E-state index contributed by atoms with van der Waals surface area (Å²) in [6.45, 7) is 1.65. The summed E-state index contributed by atoms with van der Waals surface area (Å²) in [5.41, 5.74) is -1.65. The van der Waals surface area contributed by atoms with Crippen molar-refractivity contribution < 1.29 is 18.3 Å². The summed E-state index contributed by atoms with van der Waals surface area (Å²) in [6, 6.07) is 9.40. The number of benzene rings is 2. The van der Waals surface area contributed by atoms with E-state index in [9.17, 15) is 23.2 Å². The number of halogens is 2. The van der Waals surface area contributed by atoms with Crippen LogP contribution in [-0.2, 0) is 11.3 Å². The number of carbonyl (C=O) groups excluding carboxylic acids is 1. The molecule has 0 fully saturated rings. The molecule has 1 N–H and O–H groups in total. The maximum absolute atomic E-state index is 13.6. The monoisotopic (exact) mass is 401 g/mol. The second-order valence-corrected chi connectivity index (χ2v) is 5.98. The quantitative estimate of drug-likeness (QED) is 0.643. The zero-order valence-corrected chi connectivity index (χ0v) is 15.4. The maximum Gasteiger partial charge on any atom is 0.321 e.